The third-order valence-electron chi connectivity index (χ3n) is 7.66. The highest BCUT2D eigenvalue weighted by atomic mass is 32.2. The van der Waals surface area contributed by atoms with Gasteiger partial charge in [0.2, 0.25) is 21.8 Å². The number of sulfonamides is 1. The second-order valence-electron chi connectivity index (χ2n) is 10.6. The van der Waals surface area contributed by atoms with Crippen molar-refractivity contribution >= 4 is 44.5 Å². The van der Waals surface area contributed by atoms with Gasteiger partial charge >= 0.3 is 5.97 Å². The fourth-order valence-corrected chi connectivity index (χ4v) is 6.36. The molecule has 1 fully saturated rings. The molecule has 0 saturated carbocycles. The molecule has 1 aliphatic heterocycles. The van der Waals surface area contributed by atoms with Crippen molar-refractivity contribution in [3.8, 4) is 0 Å². The molecule has 2 aromatic rings. The van der Waals surface area contributed by atoms with Crippen molar-refractivity contribution in [2.45, 2.75) is 56.5 Å². The number of likely N-dealkylation sites (tertiary alicyclic amines) is 1. The molecule has 0 radical (unpaired) electrons. The van der Waals surface area contributed by atoms with E-state index in [0.29, 0.717) is 24.9 Å². The summed E-state index contributed by atoms with van der Waals surface area (Å²) in [5.74, 6) is -3.02. The number of fused-ring (bicyclic) bond motifs is 1. The average Bonchev–Trinajstić information content (AvgIpc) is 2.94. The number of hydrogen-bond acceptors (Lipinski definition) is 6. The number of carboxylic acid groups (broad SMARTS) is 1. The molecule has 0 aliphatic carbocycles. The average molecular weight is 589 g/mol. The van der Waals surface area contributed by atoms with Crippen molar-refractivity contribution in [2.75, 3.05) is 26.7 Å². The number of carbonyl (C=O) groups is 3. The normalized spacial score (nSPS) is 17.8. The van der Waals surface area contributed by atoms with Crippen molar-refractivity contribution in [3.63, 3.8) is 0 Å². The molecule has 1 saturated heterocycles. The molecule has 1 heterocycles. The third-order valence-corrected chi connectivity index (χ3v) is 9.13. The zero-order valence-electron chi connectivity index (χ0n) is 23.7. The Balaban J connectivity index is 1.83. The Kier molecular flexibility index (Phi) is 10.7. The second kappa shape index (κ2) is 13.8. The fraction of sp³-hybridized carbons (Fsp3) is 0.500. The van der Waals surface area contributed by atoms with Crippen LogP contribution in [0, 0.1) is 17.2 Å². The van der Waals surface area contributed by atoms with E-state index < -0.39 is 52.2 Å². The van der Waals surface area contributed by atoms with E-state index in [9.17, 15) is 27.9 Å². The summed E-state index contributed by atoms with van der Waals surface area (Å²) in [6, 6.07) is 9.02. The number of hydrogen-bond donors (Lipinski definition) is 5. The van der Waals surface area contributed by atoms with Gasteiger partial charge in [-0.3, -0.25) is 15.0 Å². The monoisotopic (exact) mass is 588 g/mol. The van der Waals surface area contributed by atoms with Crippen molar-refractivity contribution in [1.29, 1.82) is 5.41 Å². The minimum Gasteiger partial charge on any atom is -0.480 e. The summed E-state index contributed by atoms with van der Waals surface area (Å²) in [5, 5.41) is 21.8. The van der Waals surface area contributed by atoms with Gasteiger partial charge in [0.15, 0.2) is 5.96 Å². The topological polar surface area (TPSA) is 186 Å². The fourth-order valence-electron chi connectivity index (χ4n) is 5.13. The van der Waals surface area contributed by atoms with E-state index in [0.717, 1.165) is 23.1 Å². The molecule has 0 spiro atoms. The Labute approximate surface area is 240 Å². The molecule has 41 heavy (non-hydrogen) atoms. The number of carboxylic acids is 1. The van der Waals surface area contributed by atoms with Crippen LogP contribution in [0.2, 0.25) is 0 Å². The molecule has 1 aliphatic rings. The molecule has 12 nitrogen and oxygen atoms in total. The SMILES string of the molecule is CCC(C)[C@@H](C(=O)O)N(C)C(=O)[C@H](CC(=O)NC[C@@H]1CCCN(C(=N)N)C1)NS(=O)(=O)c1ccc2ccccc2c1. The predicted molar refractivity (Wildman–Crippen MR) is 156 cm³/mol. The van der Waals surface area contributed by atoms with E-state index in [1.54, 1.807) is 36.9 Å². The van der Waals surface area contributed by atoms with Crippen molar-refractivity contribution in [3.05, 3.63) is 42.5 Å². The van der Waals surface area contributed by atoms with Gasteiger partial charge in [-0.05, 0) is 47.6 Å². The number of nitrogens with zero attached hydrogens (tertiary/aromatic N) is 2. The van der Waals surface area contributed by atoms with Gasteiger partial charge in [-0.1, -0.05) is 50.6 Å². The molecule has 4 atom stereocenters. The first-order valence-electron chi connectivity index (χ1n) is 13.7. The molecular weight excluding hydrogens is 548 g/mol. The van der Waals surface area contributed by atoms with Gasteiger partial charge in [0.1, 0.15) is 12.1 Å². The van der Waals surface area contributed by atoms with E-state index in [1.165, 1.54) is 19.2 Å². The van der Waals surface area contributed by atoms with E-state index >= 15 is 0 Å². The Morgan fingerprint density at radius 1 is 1.20 bits per heavy atom. The molecule has 224 valence electrons. The number of guanidine groups is 1. The Bertz CT molecular complexity index is 1380. The Morgan fingerprint density at radius 2 is 1.88 bits per heavy atom. The number of aliphatic carboxylic acids is 1. The van der Waals surface area contributed by atoms with E-state index in [2.05, 4.69) is 10.0 Å². The highest BCUT2D eigenvalue weighted by Crippen LogP contribution is 2.21. The van der Waals surface area contributed by atoms with Gasteiger partial charge in [-0.2, -0.15) is 4.72 Å². The predicted octanol–water partition coefficient (Wildman–Crippen LogP) is 1.56. The van der Waals surface area contributed by atoms with Crippen LogP contribution in [0.4, 0.5) is 0 Å². The minimum atomic E-state index is -4.27. The molecule has 2 aromatic carbocycles. The van der Waals surface area contributed by atoms with Crippen LogP contribution in [0.3, 0.4) is 0 Å². The highest BCUT2D eigenvalue weighted by Gasteiger charge is 2.37. The third kappa shape index (κ3) is 8.17. The summed E-state index contributed by atoms with van der Waals surface area (Å²) in [6.45, 7) is 4.93. The maximum Gasteiger partial charge on any atom is 0.326 e. The number of rotatable bonds is 12. The lowest BCUT2D eigenvalue weighted by molar-refractivity contribution is -0.152. The minimum absolute atomic E-state index is 0.0320. The summed E-state index contributed by atoms with van der Waals surface area (Å²) < 4.78 is 29.2. The number of carbonyl (C=O) groups excluding carboxylic acids is 2. The van der Waals surface area contributed by atoms with Gasteiger partial charge in [0, 0.05) is 26.7 Å². The van der Waals surface area contributed by atoms with Crippen LogP contribution in [0.5, 0.6) is 0 Å². The first-order valence-corrected chi connectivity index (χ1v) is 15.2. The van der Waals surface area contributed by atoms with Crippen LogP contribution in [-0.4, -0.2) is 85.8 Å². The number of benzene rings is 2. The standard InChI is InChI=1S/C28H40N6O6S/c1-4-18(2)25(27(37)38)33(3)26(36)23(15-24(35)31-16-19-8-7-13-34(17-19)28(29)30)32-41(39,40)22-12-11-20-9-5-6-10-21(20)14-22/h5-6,9-12,14,18-19,23,25,32H,4,7-8,13,15-17H2,1-3H3,(H3,29,30)(H,31,35)(H,37,38)/t18?,19-,23-,25-/m0/s1. The van der Waals surface area contributed by atoms with Crippen LogP contribution < -0.4 is 15.8 Å². The van der Waals surface area contributed by atoms with Gasteiger partial charge < -0.3 is 26.0 Å². The zero-order chi connectivity index (χ0) is 30.3. The lowest BCUT2D eigenvalue weighted by atomic mass is 9.97. The second-order valence-corrected chi connectivity index (χ2v) is 12.4. The van der Waals surface area contributed by atoms with Crippen LogP contribution in [0.1, 0.15) is 39.5 Å². The van der Waals surface area contributed by atoms with Crippen molar-refractivity contribution < 1.29 is 27.9 Å². The number of amides is 2. The number of likely N-dealkylation sites (N-methyl/N-ethyl adjacent to an activating group) is 1. The number of nitrogens with two attached hydrogens (primary N) is 1. The Hall–Kier alpha value is -3.71. The van der Waals surface area contributed by atoms with Crippen molar-refractivity contribution in [1.82, 2.24) is 19.8 Å². The molecule has 3 rings (SSSR count). The highest BCUT2D eigenvalue weighted by molar-refractivity contribution is 7.89. The summed E-state index contributed by atoms with van der Waals surface area (Å²) in [6.07, 6.45) is 1.58. The van der Waals surface area contributed by atoms with E-state index in [1.807, 2.05) is 12.1 Å². The summed E-state index contributed by atoms with van der Waals surface area (Å²) in [5.41, 5.74) is 5.60. The van der Waals surface area contributed by atoms with Gasteiger partial charge in [0.05, 0.1) is 11.3 Å². The molecule has 0 aromatic heterocycles. The first-order chi connectivity index (χ1) is 19.3. The first kappa shape index (κ1) is 31.8. The van der Waals surface area contributed by atoms with E-state index in [-0.39, 0.29) is 23.3 Å². The lowest BCUT2D eigenvalue weighted by Crippen LogP contribution is -2.55. The van der Waals surface area contributed by atoms with Crippen LogP contribution in [0.25, 0.3) is 10.8 Å². The summed E-state index contributed by atoms with van der Waals surface area (Å²) in [7, 11) is -2.96. The smallest absolute Gasteiger partial charge is 0.326 e. The van der Waals surface area contributed by atoms with Crippen LogP contribution in [0.15, 0.2) is 47.4 Å². The van der Waals surface area contributed by atoms with Crippen LogP contribution >= 0.6 is 0 Å². The lowest BCUT2D eigenvalue weighted by Gasteiger charge is -2.33. The van der Waals surface area contributed by atoms with Gasteiger partial charge in [-0.15, -0.1) is 0 Å². The van der Waals surface area contributed by atoms with Gasteiger partial charge in [0.25, 0.3) is 0 Å². The molecule has 6 N–H and O–H groups in total. The zero-order valence-corrected chi connectivity index (χ0v) is 24.5. The molecule has 0 bridgehead atoms. The maximum absolute atomic E-state index is 13.6. The van der Waals surface area contributed by atoms with Crippen molar-refractivity contribution in [2.24, 2.45) is 17.6 Å². The number of nitrogens with one attached hydrogen (secondary N) is 3. The molecule has 2 amide bonds. The molecular formula is C28H40N6O6S. The molecule has 13 heteroatoms. The maximum atomic E-state index is 13.6. The number of piperidine rings is 1. The van der Waals surface area contributed by atoms with Gasteiger partial charge in [-0.25, -0.2) is 13.2 Å². The molecule has 1 unspecified atom stereocenters. The Morgan fingerprint density at radius 3 is 2.51 bits per heavy atom. The summed E-state index contributed by atoms with van der Waals surface area (Å²) in [4.78, 5) is 41.3. The largest absolute Gasteiger partial charge is 0.480 e. The summed E-state index contributed by atoms with van der Waals surface area (Å²) >= 11 is 0. The quantitative estimate of drug-likeness (QED) is 0.183. The van der Waals surface area contributed by atoms with E-state index in [4.69, 9.17) is 11.1 Å². The van der Waals surface area contributed by atoms with Crippen LogP contribution in [-0.2, 0) is 24.4 Å².